The fourth-order valence-electron chi connectivity index (χ4n) is 9.96. The lowest BCUT2D eigenvalue weighted by molar-refractivity contribution is -0.256. The summed E-state index contributed by atoms with van der Waals surface area (Å²) in [5, 5.41) is 36.5. The van der Waals surface area contributed by atoms with E-state index in [1.165, 1.54) is 0 Å². The van der Waals surface area contributed by atoms with E-state index >= 15 is 0 Å². The first-order valence-electron chi connectivity index (χ1n) is 23.5. The molecule has 0 spiro atoms. The molecule has 354 valence electrons. The summed E-state index contributed by atoms with van der Waals surface area (Å²) in [5.41, 5.74) is 3.54. The molecule has 0 saturated heterocycles. The fraction of sp³-hybridized carbons (Fsp3) is 0.472. The van der Waals surface area contributed by atoms with E-state index in [9.17, 15) is 20.1 Å². The first kappa shape index (κ1) is 48.6. The summed E-state index contributed by atoms with van der Waals surface area (Å²) in [7, 11) is 0. The molecule has 0 radical (unpaired) electrons. The van der Waals surface area contributed by atoms with E-state index in [-0.39, 0.29) is 83.6 Å². The number of rotatable bonds is 26. The van der Waals surface area contributed by atoms with Crippen LogP contribution < -0.4 is 9.47 Å². The van der Waals surface area contributed by atoms with E-state index < -0.39 is 23.8 Å². The third-order valence-corrected chi connectivity index (χ3v) is 12.8. The third kappa shape index (κ3) is 11.6. The fourth-order valence-corrected chi connectivity index (χ4v) is 9.96. The normalized spacial score (nSPS) is 22.5. The molecule has 6 atom stereocenters. The van der Waals surface area contributed by atoms with Gasteiger partial charge in [-0.05, 0) is 96.7 Å². The molecule has 3 N–H and O–H groups in total. The zero-order chi connectivity index (χ0) is 46.1. The number of fused-ring (bicyclic) bond motifs is 3. The number of ether oxygens (including phenoxy) is 6. The molecule has 7 rings (SSSR count). The number of aliphatic hydroxyl groups is 3. The summed E-state index contributed by atoms with van der Waals surface area (Å²) in [5.74, 6) is -0.228. The molecule has 1 aliphatic heterocycles. The van der Waals surface area contributed by atoms with Crippen LogP contribution in [0.4, 0.5) is 4.79 Å². The summed E-state index contributed by atoms with van der Waals surface area (Å²) in [6.07, 6.45) is 8.09. The quantitative estimate of drug-likeness (QED) is 0.0314. The SMILES string of the molecule is C=CCOC12Oc3ccc(Oc4ccc5ccccc5c4)cc3C3C(CCCCO)C(CCCCO)C=C(C(=NOCC)CC1N(CCOCCO)C(=O)OCCOCc1ccccc1)C32. The molecule has 1 saturated carbocycles. The van der Waals surface area contributed by atoms with E-state index in [1.807, 2.05) is 73.7 Å². The molecule has 6 unspecified atom stereocenters. The van der Waals surface area contributed by atoms with Crippen LogP contribution in [-0.2, 0) is 30.4 Å². The van der Waals surface area contributed by atoms with Crippen molar-refractivity contribution < 1.29 is 53.4 Å². The average Bonchev–Trinajstić information content (AvgIpc) is 3.34. The average molecular weight is 907 g/mol. The van der Waals surface area contributed by atoms with Crippen molar-refractivity contribution in [2.75, 3.05) is 66.0 Å². The van der Waals surface area contributed by atoms with Gasteiger partial charge in [-0.2, -0.15) is 0 Å². The summed E-state index contributed by atoms with van der Waals surface area (Å²) in [4.78, 5) is 22.1. The maximum Gasteiger partial charge on any atom is 0.410 e. The molecule has 2 aliphatic carbocycles. The first-order chi connectivity index (χ1) is 32.4. The lowest BCUT2D eigenvalue weighted by atomic mass is 9.55. The Morgan fingerprint density at radius 3 is 2.38 bits per heavy atom. The summed E-state index contributed by atoms with van der Waals surface area (Å²) in [6.45, 7) is 7.18. The highest BCUT2D eigenvalue weighted by Crippen LogP contribution is 2.62. The lowest BCUT2D eigenvalue weighted by Gasteiger charge is -2.59. The van der Waals surface area contributed by atoms with Crippen LogP contribution in [0.15, 0.2) is 120 Å². The minimum absolute atomic E-state index is 0.00385. The number of carbonyl (C=O) groups is 1. The minimum Gasteiger partial charge on any atom is -0.459 e. The molecular formula is C53H66N2O11. The van der Waals surface area contributed by atoms with Crippen LogP contribution in [0.25, 0.3) is 10.8 Å². The zero-order valence-corrected chi connectivity index (χ0v) is 38.1. The van der Waals surface area contributed by atoms with Crippen LogP contribution >= 0.6 is 0 Å². The van der Waals surface area contributed by atoms with E-state index in [1.54, 1.807) is 11.0 Å². The van der Waals surface area contributed by atoms with E-state index in [0.717, 1.165) is 53.2 Å². The first-order valence-corrected chi connectivity index (χ1v) is 23.5. The van der Waals surface area contributed by atoms with Gasteiger partial charge >= 0.3 is 6.09 Å². The molecule has 1 amide bonds. The minimum atomic E-state index is -1.49. The maximum absolute atomic E-state index is 14.6. The second-order valence-corrected chi connectivity index (χ2v) is 17.0. The predicted octanol–water partition coefficient (Wildman–Crippen LogP) is 8.95. The Kier molecular flexibility index (Phi) is 18.0. The number of hydrogen-bond donors (Lipinski definition) is 3. The number of unbranched alkanes of at least 4 members (excludes halogenated alkanes) is 2. The Morgan fingerprint density at radius 2 is 1.61 bits per heavy atom. The maximum atomic E-state index is 14.6. The Labute approximate surface area is 388 Å². The number of nitrogens with zero attached hydrogens (tertiary/aromatic N) is 2. The molecule has 4 aromatic rings. The highest BCUT2D eigenvalue weighted by Gasteiger charge is 2.65. The van der Waals surface area contributed by atoms with Gasteiger partial charge in [0.25, 0.3) is 0 Å². The van der Waals surface area contributed by atoms with Crippen LogP contribution in [0.1, 0.15) is 68.9 Å². The number of benzene rings is 4. The van der Waals surface area contributed by atoms with Crippen molar-refractivity contribution in [3.05, 3.63) is 126 Å². The Balaban J connectivity index is 1.34. The molecule has 0 aromatic heterocycles. The van der Waals surface area contributed by atoms with E-state index in [2.05, 4.69) is 36.9 Å². The van der Waals surface area contributed by atoms with E-state index in [4.69, 9.17) is 38.4 Å². The van der Waals surface area contributed by atoms with Crippen LogP contribution in [0.5, 0.6) is 17.2 Å². The van der Waals surface area contributed by atoms with Gasteiger partial charge in [0, 0.05) is 37.7 Å². The van der Waals surface area contributed by atoms with Gasteiger partial charge in [-0.1, -0.05) is 90.8 Å². The van der Waals surface area contributed by atoms with Crippen molar-refractivity contribution in [3.8, 4) is 17.2 Å². The van der Waals surface area contributed by atoms with Gasteiger partial charge in [-0.3, -0.25) is 4.90 Å². The summed E-state index contributed by atoms with van der Waals surface area (Å²) < 4.78 is 38.7. The molecular weight excluding hydrogens is 841 g/mol. The molecule has 1 heterocycles. The molecule has 1 fully saturated rings. The van der Waals surface area contributed by atoms with Crippen LogP contribution in [0.2, 0.25) is 0 Å². The van der Waals surface area contributed by atoms with Crippen molar-refractivity contribution in [1.29, 1.82) is 0 Å². The molecule has 3 aliphatic rings. The molecule has 13 nitrogen and oxygen atoms in total. The third-order valence-electron chi connectivity index (χ3n) is 12.8. The Hall–Kier alpha value is -5.28. The van der Waals surface area contributed by atoms with Gasteiger partial charge in [0.1, 0.15) is 36.5 Å². The van der Waals surface area contributed by atoms with Gasteiger partial charge in [-0.15, -0.1) is 6.58 Å². The van der Waals surface area contributed by atoms with Crippen molar-refractivity contribution >= 4 is 22.6 Å². The Bertz CT molecular complexity index is 2230. The summed E-state index contributed by atoms with van der Waals surface area (Å²) in [6, 6.07) is 29.1. The largest absolute Gasteiger partial charge is 0.459 e. The van der Waals surface area contributed by atoms with Crippen molar-refractivity contribution in [3.63, 3.8) is 0 Å². The number of allylic oxidation sites excluding steroid dienone is 1. The molecule has 0 bridgehead atoms. The van der Waals surface area contributed by atoms with Gasteiger partial charge in [0.05, 0.1) is 51.3 Å². The Morgan fingerprint density at radius 1 is 0.848 bits per heavy atom. The topological polar surface area (TPSA) is 158 Å². The highest BCUT2D eigenvalue weighted by atomic mass is 16.7. The standard InChI is InChI=1S/C53H66N2O11/c1-3-28-63-53-49(55(24-29-60-30-27-58)52(59)62-32-31-61-37-38-14-6-5-7-15-38)36-47(54-64-4-2)45-34-41(18-10-12-25-56)44(19-11-13-26-57)50(51(45)53)46-35-43(22-23-48(46)66-53)65-42-21-20-39-16-8-9-17-40(39)33-42/h3,5-9,14-17,20-23,33-35,41,44,49-51,56-58H,1,4,10-13,18-19,24-32,36-37H2,2H3. The number of amides is 1. The van der Waals surface area contributed by atoms with Gasteiger partial charge in [0.2, 0.25) is 5.79 Å². The predicted molar refractivity (Wildman–Crippen MR) is 253 cm³/mol. The van der Waals surface area contributed by atoms with Gasteiger partial charge in [0.15, 0.2) is 0 Å². The number of oxime groups is 1. The smallest absolute Gasteiger partial charge is 0.410 e. The monoisotopic (exact) mass is 906 g/mol. The van der Waals surface area contributed by atoms with Crippen LogP contribution in [-0.4, -0.2) is 110 Å². The number of carbonyl (C=O) groups excluding carboxylic acids is 1. The van der Waals surface area contributed by atoms with Crippen LogP contribution in [0.3, 0.4) is 0 Å². The van der Waals surface area contributed by atoms with E-state index in [0.29, 0.717) is 49.0 Å². The van der Waals surface area contributed by atoms with Crippen molar-refractivity contribution in [1.82, 2.24) is 4.90 Å². The van der Waals surface area contributed by atoms with Gasteiger partial charge < -0.3 is 48.6 Å². The zero-order valence-electron chi connectivity index (χ0n) is 38.1. The van der Waals surface area contributed by atoms with Crippen molar-refractivity contribution in [2.45, 2.75) is 76.2 Å². The number of hydrogen-bond acceptors (Lipinski definition) is 12. The lowest BCUT2D eigenvalue weighted by Crippen LogP contribution is -2.70. The molecule has 66 heavy (non-hydrogen) atoms. The highest BCUT2D eigenvalue weighted by molar-refractivity contribution is 6.03. The summed E-state index contributed by atoms with van der Waals surface area (Å²) >= 11 is 0. The second-order valence-electron chi connectivity index (χ2n) is 17.0. The number of aliphatic hydroxyl groups excluding tert-OH is 3. The molecule has 13 heteroatoms. The van der Waals surface area contributed by atoms with Crippen LogP contribution in [0, 0.1) is 17.8 Å². The molecule has 4 aromatic carbocycles. The van der Waals surface area contributed by atoms with Gasteiger partial charge in [-0.25, -0.2) is 4.79 Å². The van der Waals surface area contributed by atoms with Crippen molar-refractivity contribution in [2.24, 2.45) is 22.9 Å². The second kappa shape index (κ2) is 24.5.